The Morgan fingerprint density at radius 1 is 1.48 bits per heavy atom. The van der Waals surface area contributed by atoms with Gasteiger partial charge in [0, 0.05) is 23.5 Å². The van der Waals surface area contributed by atoms with Crippen LogP contribution in [-0.4, -0.2) is 22.6 Å². The number of halogens is 2. The Balaban J connectivity index is 2.02. The number of aryl methyl sites for hydroxylation is 1. The number of carbonyl (C=O) groups is 1. The maximum Gasteiger partial charge on any atom is 0.314 e. The van der Waals surface area contributed by atoms with Crippen LogP contribution in [0.1, 0.15) is 17.8 Å². The number of imidazole rings is 1. The predicted molar refractivity (Wildman–Crippen MR) is 96.1 cm³/mol. The molecule has 0 saturated heterocycles. The Kier molecular flexibility index (Phi) is 4.85. The molecule has 128 valence electrons. The Morgan fingerprint density at radius 3 is 2.92 bits per heavy atom. The fraction of sp³-hybridized carbons (Fsp3) is 0.278. The number of methoxy groups -OCH3 is 1. The maximum atomic E-state index is 11.9. The number of rotatable bonds is 3. The van der Waals surface area contributed by atoms with E-state index < -0.39 is 5.92 Å². The van der Waals surface area contributed by atoms with E-state index in [9.17, 15) is 4.79 Å². The van der Waals surface area contributed by atoms with Crippen LogP contribution in [0.25, 0.3) is 11.0 Å². The first kappa shape index (κ1) is 17.5. The minimum atomic E-state index is -0.538. The number of allylic oxidation sites excluding steroid dienone is 3. The van der Waals surface area contributed by atoms with E-state index in [0.29, 0.717) is 34.0 Å². The lowest BCUT2D eigenvalue weighted by Gasteiger charge is -2.21. The van der Waals surface area contributed by atoms with Crippen molar-refractivity contribution in [3.63, 3.8) is 0 Å². The third-order valence-corrected chi connectivity index (χ3v) is 5.21. The van der Waals surface area contributed by atoms with Crippen LogP contribution in [0.4, 0.5) is 0 Å². The molecule has 2 aromatic rings. The van der Waals surface area contributed by atoms with Gasteiger partial charge in [-0.05, 0) is 30.2 Å². The van der Waals surface area contributed by atoms with E-state index in [1.165, 1.54) is 7.11 Å². The van der Waals surface area contributed by atoms with Gasteiger partial charge in [0.15, 0.2) is 0 Å². The van der Waals surface area contributed by atoms with Gasteiger partial charge in [0.2, 0.25) is 0 Å². The Bertz CT molecular complexity index is 967. The van der Waals surface area contributed by atoms with Crippen molar-refractivity contribution in [3.8, 4) is 6.07 Å². The van der Waals surface area contributed by atoms with Crippen LogP contribution < -0.4 is 0 Å². The number of hydrogen-bond acceptors (Lipinski definition) is 4. The van der Waals surface area contributed by atoms with E-state index in [4.69, 9.17) is 33.2 Å². The molecule has 0 fully saturated rings. The van der Waals surface area contributed by atoms with Crippen molar-refractivity contribution in [1.29, 1.82) is 5.26 Å². The smallest absolute Gasteiger partial charge is 0.314 e. The molecule has 0 bridgehead atoms. The zero-order valence-corrected chi connectivity index (χ0v) is 15.2. The molecule has 3 rings (SSSR count). The average molecular weight is 376 g/mol. The van der Waals surface area contributed by atoms with Gasteiger partial charge in [-0.3, -0.25) is 4.79 Å². The van der Waals surface area contributed by atoms with E-state index in [1.807, 2.05) is 17.7 Å². The summed E-state index contributed by atoms with van der Waals surface area (Å²) >= 11 is 12.8. The molecule has 0 saturated carbocycles. The molecule has 1 aliphatic rings. The van der Waals surface area contributed by atoms with Gasteiger partial charge >= 0.3 is 5.97 Å². The van der Waals surface area contributed by atoms with Crippen molar-refractivity contribution >= 4 is 40.2 Å². The highest BCUT2D eigenvalue weighted by atomic mass is 35.5. The summed E-state index contributed by atoms with van der Waals surface area (Å²) in [6.07, 6.45) is 2.58. The van der Waals surface area contributed by atoms with E-state index >= 15 is 0 Å². The topological polar surface area (TPSA) is 67.9 Å². The van der Waals surface area contributed by atoms with Crippen LogP contribution in [0.2, 0.25) is 0 Å². The number of aromatic nitrogens is 2. The van der Waals surface area contributed by atoms with Crippen LogP contribution in [0.3, 0.4) is 0 Å². The van der Waals surface area contributed by atoms with Crippen molar-refractivity contribution in [2.75, 3.05) is 7.11 Å². The second-order valence-corrected chi connectivity index (χ2v) is 6.58. The second-order valence-electron chi connectivity index (χ2n) is 5.77. The molecule has 1 heterocycles. The molecule has 1 unspecified atom stereocenters. The number of nitrogens with zero attached hydrogens (tertiary/aromatic N) is 3. The molecule has 1 atom stereocenters. The van der Waals surface area contributed by atoms with E-state index in [-0.39, 0.29) is 5.97 Å². The summed E-state index contributed by atoms with van der Waals surface area (Å²) in [5, 5.41) is 9.95. The summed E-state index contributed by atoms with van der Waals surface area (Å²) < 4.78 is 6.74. The number of carbonyl (C=O) groups excluding carboxylic acids is 1. The SMILES string of the molecule is COC(=O)C1CC=C(Cl)C(Cc2nc3cc(C#N)ccc3n2C)=C1Cl. The standard InChI is InChI=1S/C18H15Cl2N3O2/c1-23-15-6-3-10(9-21)7-14(15)22-16(23)8-12-13(19)5-4-11(17(12)20)18(24)25-2/h3,5-7,11H,4,8H2,1-2H3. The van der Waals surface area contributed by atoms with Crippen LogP contribution >= 0.6 is 23.2 Å². The molecule has 1 aliphatic carbocycles. The van der Waals surface area contributed by atoms with Crippen LogP contribution in [0.5, 0.6) is 0 Å². The molecule has 0 N–H and O–H groups in total. The molecule has 0 radical (unpaired) electrons. The monoisotopic (exact) mass is 375 g/mol. The summed E-state index contributed by atoms with van der Waals surface area (Å²) in [6.45, 7) is 0. The molecule has 25 heavy (non-hydrogen) atoms. The maximum absolute atomic E-state index is 11.9. The van der Waals surface area contributed by atoms with Crippen molar-refractivity contribution in [2.45, 2.75) is 12.8 Å². The molecule has 1 aromatic carbocycles. The van der Waals surface area contributed by atoms with Crippen LogP contribution in [0, 0.1) is 17.2 Å². The zero-order chi connectivity index (χ0) is 18.1. The first-order chi connectivity index (χ1) is 12.0. The first-order valence-corrected chi connectivity index (χ1v) is 8.39. The number of nitriles is 1. The summed E-state index contributed by atoms with van der Waals surface area (Å²) in [5.74, 6) is -0.175. The summed E-state index contributed by atoms with van der Waals surface area (Å²) in [7, 11) is 3.23. The van der Waals surface area contributed by atoms with Crippen LogP contribution in [0.15, 0.2) is 39.9 Å². The number of benzene rings is 1. The molecule has 1 aromatic heterocycles. The molecule has 7 heteroatoms. The molecule has 0 aliphatic heterocycles. The van der Waals surface area contributed by atoms with E-state index in [1.54, 1.807) is 18.2 Å². The molecule has 5 nitrogen and oxygen atoms in total. The fourth-order valence-electron chi connectivity index (χ4n) is 2.92. The lowest BCUT2D eigenvalue weighted by atomic mass is 9.94. The Hall–Kier alpha value is -2.29. The number of esters is 1. The van der Waals surface area contributed by atoms with Gasteiger partial charge in [-0.1, -0.05) is 29.3 Å². The largest absolute Gasteiger partial charge is 0.469 e. The van der Waals surface area contributed by atoms with Gasteiger partial charge in [0.25, 0.3) is 0 Å². The van der Waals surface area contributed by atoms with E-state index in [0.717, 1.165) is 16.9 Å². The normalized spacial score (nSPS) is 17.4. The Labute approximate surface area is 155 Å². The molecular weight excluding hydrogens is 361 g/mol. The lowest BCUT2D eigenvalue weighted by molar-refractivity contribution is -0.143. The molecule has 0 spiro atoms. The number of fused-ring (bicyclic) bond motifs is 1. The lowest BCUT2D eigenvalue weighted by Crippen LogP contribution is -2.20. The highest BCUT2D eigenvalue weighted by molar-refractivity contribution is 6.37. The van der Waals surface area contributed by atoms with Crippen molar-refractivity contribution < 1.29 is 9.53 Å². The van der Waals surface area contributed by atoms with Gasteiger partial charge < -0.3 is 9.30 Å². The van der Waals surface area contributed by atoms with Gasteiger partial charge in [0.1, 0.15) is 5.82 Å². The minimum absolute atomic E-state index is 0.383. The van der Waals surface area contributed by atoms with Gasteiger partial charge in [-0.2, -0.15) is 5.26 Å². The van der Waals surface area contributed by atoms with Crippen LogP contribution in [-0.2, 0) is 23.0 Å². The van der Waals surface area contributed by atoms with E-state index in [2.05, 4.69) is 11.1 Å². The minimum Gasteiger partial charge on any atom is -0.469 e. The highest BCUT2D eigenvalue weighted by Crippen LogP contribution is 2.37. The first-order valence-electron chi connectivity index (χ1n) is 7.64. The van der Waals surface area contributed by atoms with Gasteiger partial charge in [-0.25, -0.2) is 4.98 Å². The summed E-state index contributed by atoms with van der Waals surface area (Å²) in [6, 6.07) is 7.46. The third kappa shape index (κ3) is 3.15. The number of hydrogen-bond donors (Lipinski definition) is 0. The fourth-order valence-corrected chi connectivity index (χ4v) is 3.57. The van der Waals surface area contributed by atoms with Crippen molar-refractivity contribution in [2.24, 2.45) is 13.0 Å². The Morgan fingerprint density at radius 2 is 2.24 bits per heavy atom. The average Bonchev–Trinajstić information content (AvgIpc) is 2.93. The molecular formula is C18H15Cl2N3O2. The van der Waals surface area contributed by atoms with Crippen molar-refractivity contribution in [3.05, 3.63) is 51.3 Å². The summed E-state index contributed by atoms with van der Waals surface area (Å²) in [5.41, 5.74) is 2.86. The second kappa shape index (κ2) is 6.91. The third-order valence-electron chi connectivity index (χ3n) is 4.34. The highest BCUT2D eigenvalue weighted by Gasteiger charge is 2.29. The predicted octanol–water partition coefficient (Wildman–Crippen LogP) is 3.80. The van der Waals surface area contributed by atoms with Crippen molar-refractivity contribution in [1.82, 2.24) is 9.55 Å². The van der Waals surface area contributed by atoms with Gasteiger partial charge in [0.05, 0.1) is 35.7 Å². The number of ether oxygens (including phenoxy) is 1. The van der Waals surface area contributed by atoms with Gasteiger partial charge in [-0.15, -0.1) is 0 Å². The quantitative estimate of drug-likeness (QED) is 0.765. The molecule has 0 amide bonds. The summed E-state index contributed by atoms with van der Waals surface area (Å²) in [4.78, 5) is 16.5. The zero-order valence-electron chi connectivity index (χ0n) is 13.7.